The van der Waals surface area contributed by atoms with Gasteiger partial charge in [-0.1, -0.05) is 29.8 Å². The molecule has 0 amide bonds. The minimum Gasteiger partial charge on any atom is -0.459 e. The fraction of sp³-hybridized carbons (Fsp3) is 0.412. The third-order valence-corrected chi connectivity index (χ3v) is 4.80. The predicted octanol–water partition coefficient (Wildman–Crippen LogP) is 5.39. The predicted molar refractivity (Wildman–Crippen MR) is 88.0 cm³/mol. The zero-order chi connectivity index (χ0) is 14.7. The Hall–Kier alpha value is -1.06. The Morgan fingerprint density at radius 2 is 1.80 bits per heavy atom. The fourth-order valence-electron chi connectivity index (χ4n) is 2.48. The van der Waals surface area contributed by atoms with E-state index in [2.05, 4.69) is 73.2 Å². The minimum atomic E-state index is 0.298. The Bertz CT molecular complexity index is 565. The smallest absolute Gasteiger partial charge is 0.134 e. The van der Waals surface area contributed by atoms with Crippen LogP contribution < -0.4 is 5.32 Å². The lowest BCUT2D eigenvalue weighted by molar-refractivity contribution is 0.417. The molecule has 20 heavy (non-hydrogen) atoms. The van der Waals surface area contributed by atoms with Gasteiger partial charge < -0.3 is 9.73 Å². The molecule has 3 heteroatoms. The van der Waals surface area contributed by atoms with E-state index in [1.54, 1.807) is 0 Å². The average Bonchev–Trinajstić information content (AvgIpc) is 2.91. The van der Waals surface area contributed by atoms with E-state index in [1.165, 1.54) is 15.6 Å². The van der Waals surface area contributed by atoms with E-state index in [4.69, 9.17) is 4.42 Å². The summed E-state index contributed by atoms with van der Waals surface area (Å²) in [5, 5.41) is 3.44. The van der Waals surface area contributed by atoms with Crippen LogP contribution >= 0.6 is 15.9 Å². The Kier molecular flexibility index (Phi) is 5.06. The molecule has 1 aromatic heterocycles. The Morgan fingerprint density at radius 3 is 2.35 bits per heavy atom. The topological polar surface area (TPSA) is 25.2 Å². The molecule has 1 heterocycles. The maximum absolute atomic E-state index is 6.05. The second kappa shape index (κ2) is 6.59. The molecule has 2 nitrogen and oxygen atoms in total. The molecular weight excluding hydrogens is 314 g/mol. The van der Waals surface area contributed by atoms with E-state index in [0.29, 0.717) is 6.04 Å². The first kappa shape index (κ1) is 15.3. The lowest BCUT2D eigenvalue weighted by Crippen LogP contribution is -2.19. The molecule has 108 valence electrons. The zero-order valence-corrected chi connectivity index (χ0v) is 14.2. The number of hydrogen-bond acceptors (Lipinski definition) is 2. The molecule has 2 rings (SSSR count). The molecule has 0 aliphatic heterocycles. The summed E-state index contributed by atoms with van der Waals surface area (Å²) < 4.78 is 7.22. The second-order valence-electron chi connectivity index (χ2n) is 5.14. The molecule has 0 saturated heterocycles. The van der Waals surface area contributed by atoms with Gasteiger partial charge in [-0.15, -0.1) is 0 Å². The number of halogens is 1. The summed E-state index contributed by atoms with van der Waals surface area (Å²) in [4.78, 5) is 0. The van der Waals surface area contributed by atoms with E-state index in [1.807, 2.05) is 0 Å². The van der Waals surface area contributed by atoms with Crippen LogP contribution in [0.25, 0.3) is 11.3 Å². The van der Waals surface area contributed by atoms with Crippen molar-refractivity contribution in [2.75, 3.05) is 6.54 Å². The Balaban J connectivity index is 2.33. The van der Waals surface area contributed by atoms with Gasteiger partial charge in [-0.3, -0.25) is 0 Å². The lowest BCUT2D eigenvalue weighted by atomic mass is 10.1. The second-order valence-corrected chi connectivity index (χ2v) is 5.94. The molecule has 1 unspecified atom stereocenters. The third-order valence-electron chi connectivity index (χ3n) is 3.55. The first-order valence-corrected chi connectivity index (χ1v) is 7.96. The van der Waals surface area contributed by atoms with Crippen LogP contribution in [0.3, 0.4) is 0 Å². The summed E-state index contributed by atoms with van der Waals surface area (Å²) in [5.41, 5.74) is 3.61. The van der Waals surface area contributed by atoms with Gasteiger partial charge >= 0.3 is 0 Å². The van der Waals surface area contributed by atoms with Crippen molar-refractivity contribution in [2.24, 2.45) is 0 Å². The molecule has 1 atom stereocenters. The van der Waals surface area contributed by atoms with Gasteiger partial charge in [0.1, 0.15) is 11.5 Å². The number of aryl methyl sites for hydroxylation is 2. The van der Waals surface area contributed by atoms with Crippen LogP contribution in [0.15, 0.2) is 33.2 Å². The summed E-state index contributed by atoms with van der Waals surface area (Å²) in [6.07, 6.45) is 1.03. The van der Waals surface area contributed by atoms with Gasteiger partial charge in [0.15, 0.2) is 0 Å². The Labute approximate surface area is 129 Å². The molecule has 0 fully saturated rings. The van der Waals surface area contributed by atoms with Crippen LogP contribution in [0, 0.1) is 13.8 Å². The summed E-state index contributed by atoms with van der Waals surface area (Å²) in [7, 11) is 0. The molecular formula is C17H22BrNO. The molecule has 0 saturated carbocycles. The molecule has 1 N–H and O–H groups in total. The lowest BCUT2D eigenvalue weighted by Gasteiger charge is -2.12. The average molecular weight is 336 g/mol. The van der Waals surface area contributed by atoms with Crippen molar-refractivity contribution in [3.63, 3.8) is 0 Å². The first-order valence-electron chi connectivity index (χ1n) is 7.17. The van der Waals surface area contributed by atoms with Gasteiger partial charge in [0.2, 0.25) is 0 Å². The highest BCUT2D eigenvalue weighted by atomic mass is 79.9. The van der Waals surface area contributed by atoms with E-state index in [9.17, 15) is 0 Å². The van der Waals surface area contributed by atoms with Crippen molar-refractivity contribution < 1.29 is 4.42 Å². The van der Waals surface area contributed by atoms with E-state index >= 15 is 0 Å². The third kappa shape index (κ3) is 3.15. The van der Waals surface area contributed by atoms with Crippen molar-refractivity contribution in [3.8, 4) is 11.3 Å². The van der Waals surface area contributed by atoms with Crippen molar-refractivity contribution in [1.29, 1.82) is 0 Å². The summed E-state index contributed by atoms with van der Waals surface area (Å²) >= 11 is 3.61. The number of furan rings is 1. The van der Waals surface area contributed by atoms with Gasteiger partial charge in [0, 0.05) is 10.0 Å². The van der Waals surface area contributed by atoms with Crippen LogP contribution in [-0.2, 0) is 0 Å². The van der Waals surface area contributed by atoms with Gasteiger partial charge in [-0.05, 0) is 62.2 Å². The number of nitrogens with one attached hydrogen (secondary N) is 1. The highest BCUT2D eigenvalue weighted by Crippen LogP contribution is 2.31. The monoisotopic (exact) mass is 335 g/mol. The van der Waals surface area contributed by atoms with Gasteiger partial charge in [0.05, 0.1) is 6.04 Å². The van der Waals surface area contributed by atoms with Crippen molar-refractivity contribution in [3.05, 3.63) is 45.6 Å². The molecule has 0 spiro atoms. The van der Waals surface area contributed by atoms with Crippen LogP contribution in [-0.4, -0.2) is 6.54 Å². The number of benzene rings is 1. The molecule has 0 aliphatic carbocycles. The largest absolute Gasteiger partial charge is 0.459 e. The fourth-order valence-corrected chi connectivity index (χ4v) is 2.70. The van der Waals surface area contributed by atoms with Crippen LogP contribution in [0.4, 0.5) is 0 Å². The minimum absolute atomic E-state index is 0.298. The van der Waals surface area contributed by atoms with Crippen LogP contribution in [0.5, 0.6) is 0 Å². The molecule has 2 aromatic rings. The summed E-state index contributed by atoms with van der Waals surface area (Å²) in [6.45, 7) is 9.46. The molecule has 0 bridgehead atoms. The van der Waals surface area contributed by atoms with Crippen LogP contribution in [0.1, 0.15) is 43.2 Å². The van der Waals surface area contributed by atoms with Crippen molar-refractivity contribution in [2.45, 2.75) is 40.2 Å². The SMILES string of the molecule is CCNC(CC)c1ccc(-c2cc(C)c(Br)c(C)c2)o1. The Morgan fingerprint density at radius 1 is 1.15 bits per heavy atom. The van der Waals surface area contributed by atoms with E-state index in [-0.39, 0.29) is 0 Å². The summed E-state index contributed by atoms with van der Waals surface area (Å²) in [6, 6.07) is 8.77. The zero-order valence-electron chi connectivity index (χ0n) is 12.6. The molecule has 0 aliphatic rings. The maximum atomic E-state index is 6.05. The normalized spacial score (nSPS) is 12.7. The standard InChI is InChI=1S/C17H22BrNO/c1-5-14(19-6-2)16-8-7-15(20-16)13-9-11(3)17(18)12(4)10-13/h7-10,14,19H,5-6H2,1-4H3. The van der Waals surface area contributed by atoms with Gasteiger partial charge in [-0.25, -0.2) is 0 Å². The quantitative estimate of drug-likeness (QED) is 0.792. The molecule has 1 aromatic carbocycles. The van der Waals surface area contributed by atoms with Crippen molar-refractivity contribution in [1.82, 2.24) is 5.32 Å². The van der Waals surface area contributed by atoms with Gasteiger partial charge in [0.25, 0.3) is 0 Å². The number of rotatable bonds is 5. The van der Waals surface area contributed by atoms with Crippen molar-refractivity contribution >= 4 is 15.9 Å². The summed E-state index contributed by atoms with van der Waals surface area (Å²) in [5.74, 6) is 1.96. The van der Waals surface area contributed by atoms with E-state index in [0.717, 1.165) is 30.0 Å². The molecule has 0 radical (unpaired) electrons. The highest BCUT2D eigenvalue weighted by molar-refractivity contribution is 9.10. The maximum Gasteiger partial charge on any atom is 0.134 e. The van der Waals surface area contributed by atoms with Crippen LogP contribution in [0.2, 0.25) is 0 Å². The highest BCUT2D eigenvalue weighted by Gasteiger charge is 2.14. The van der Waals surface area contributed by atoms with E-state index < -0.39 is 0 Å². The first-order chi connectivity index (χ1) is 9.56. The number of hydrogen-bond donors (Lipinski definition) is 1. The van der Waals surface area contributed by atoms with Gasteiger partial charge in [-0.2, -0.15) is 0 Å².